The molecule has 1 N–H and O–H groups in total. The number of nitrogens with zero attached hydrogens (tertiary/aromatic N) is 1. The Kier molecular flexibility index (Phi) is 9.82. The van der Waals surface area contributed by atoms with Crippen LogP contribution >= 0.6 is 46.6 Å². The first-order chi connectivity index (χ1) is 19.6. The van der Waals surface area contributed by atoms with Gasteiger partial charge in [0, 0.05) is 26.9 Å². The number of benzene rings is 3. The summed E-state index contributed by atoms with van der Waals surface area (Å²) in [6, 6.07) is 14.3. The second kappa shape index (κ2) is 13.3. The maximum atomic E-state index is 13.1. The number of halogens is 3. The standard InChI is InChI=1S/C28H21Cl3N2O7S/c1-38-22-5-3-4-15(25(22)40-14-16-6-7-17(29)11-21(16)31)10-23-26(35)33(28(37)41-23)13-24(34)32-18-8-9-20(30)19(12-18)27(36)39-2/h3-12H,13-14H2,1-2H3,(H,32,34)/b23-10+. The molecule has 0 saturated carbocycles. The van der Waals surface area contributed by atoms with Crippen molar-refractivity contribution >= 4 is 81.4 Å². The van der Waals surface area contributed by atoms with Gasteiger partial charge in [0.1, 0.15) is 13.2 Å². The quantitative estimate of drug-likeness (QED) is 0.204. The first-order valence-electron chi connectivity index (χ1n) is 11.8. The van der Waals surface area contributed by atoms with Gasteiger partial charge in [0.05, 0.1) is 29.7 Å². The summed E-state index contributed by atoms with van der Waals surface area (Å²) in [4.78, 5) is 51.2. The zero-order valence-corrected chi connectivity index (χ0v) is 24.6. The predicted molar refractivity (Wildman–Crippen MR) is 158 cm³/mol. The average molecular weight is 636 g/mol. The Bertz CT molecular complexity index is 1580. The first kappa shape index (κ1) is 30.3. The zero-order chi connectivity index (χ0) is 29.7. The van der Waals surface area contributed by atoms with Gasteiger partial charge < -0.3 is 19.5 Å². The maximum absolute atomic E-state index is 13.1. The summed E-state index contributed by atoms with van der Waals surface area (Å²) in [5.41, 5.74) is 1.44. The van der Waals surface area contributed by atoms with Gasteiger partial charge in [-0.1, -0.05) is 53.0 Å². The van der Waals surface area contributed by atoms with Crippen LogP contribution < -0.4 is 14.8 Å². The number of nitrogens with one attached hydrogen (secondary N) is 1. The molecule has 0 bridgehead atoms. The van der Waals surface area contributed by atoms with Crippen LogP contribution in [0, 0.1) is 0 Å². The molecule has 41 heavy (non-hydrogen) atoms. The van der Waals surface area contributed by atoms with E-state index in [0.29, 0.717) is 44.4 Å². The predicted octanol–water partition coefficient (Wildman–Crippen LogP) is 6.70. The largest absolute Gasteiger partial charge is 0.493 e. The second-order valence-electron chi connectivity index (χ2n) is 8.41. The van der Waals surface area contributed by atoms with E-state index in [9.17, 15) is 19.2 Å². The number of anilines is 1. The number of hydrogen-bond acceptors (Lipinski definition) is 8. The van der Waals surface area contributed by atoms with Crippen molar-refractivity contribution in [3.05, 3.63) is 91.3 Å². The van der Waals surface area contributed by atoms with E-state index in [1.165, 1.54) is 38.5 Å². The molecular formula is C28H21Cl3N2O7S. The van der Waals surface area contributed by atoms with Crippen LogP contribution in [0.4, 0.5) is 10.5 Å². The second-order valence-corrected chi connectivity index (χ2v) is 10.6. The summed E-state index contributed by atoms with van der Waals surface area (Å²) < 4.78 is 16.1. The van der Waals surface area contributed by atoms with Crippen molar-refractivity contribution in [1.82, 2.24) is 4.90 Å². The highest BCUT2D eigenvalue weighted by atomic mass is 35.5. The minimum Gasteiger partial charge on any atom is -0.493 e. The number of thioether (sulfide) groups is 1. The fourth-order valence-corrected chi connectivity index (χ4v) is 5.23. The highest BCUT2D eigenvalue weighted by Crippen LogP contribution is 2.38. The van der Waals surface area contributed by atoms with Crippen molar-refractivity contribution in [1.29, 1.82) is 0 Å². The Morgan fingerprint density at radius 2 is 1.78 bits per heavy atom. The number of esters is 1. The van der Waals surface area contributed by atoms with Gasteiger partial charge in [-0.15, -0.1) is 0 Å². The van der Waals surface area contributed by atoms with Gasteiger partial charge in [0.2, 0.25) is 5.91 Å². The molecule has 212 valence electrons. The molecule has 9 nitrogen and oxygen atoms in total. The highest BCUT2D eigenvalue weighted by molar-refractivity contribution is 8.18. The lowest BCUT2D eigenvalue weighted by molar-refractivity contribution is -0.127. The molecule has 0 aromatic heterocycles. The highest BCUT2D eigenvalue weighted by Gasteiger charge is 2.36. The molecule has 0 spiro atoms. The van der Waals surface area contributed by atoms with Crippen LogP contribution in [0.5, 0.6) is 11.5 Å². The monoisotopic (exact) mass is 634 g/mol. The number of para-hydroxylation sites is 1. The van der Waals surface area contributed by atoms with E-state index >= 15 is 0 Å². The van der Waals surface area contributed by atoms with Crippen molar-refractivity contribution in [2.45, 2.75) is 6.61 Å². The first-order valence-corrected chi connectivity index (χ1v) is 13.7. The summed E-state index contributed by atoms with van der Waals surface area (Å²) in [7, 11) is 2.68. The Balaban J connectivity index is 1.50. The SMILES string of the molecule is COC(=O)c1cc(NC(=O)CN2C(=O)S/C(=C/c3cccc(OC)c3OCc3ccc(Cl)cc3Cl)C2=O)ccc1Cl. The van der Waals surface area contributed by atoms with Gasteiger partial charge in [0.25, 0.3) is 11.1 Å². The number of imide groups is 1. The molecule has 1 aliphatic rings. The van der Waals surface area contributed by atoms with Crippen molar-refractivity contribution < 1.29 is 33.4 Å². The van der Waals surface area contributed by atoms with Crippen LogP contribution in [0.2, 0.25) is 15.1 Å². The van der Waals surface area contributed by atoms with Crippen LogP contribution in [0.25, 0.3) is 6.08 Å². The van der Waals surface area contributed by atoms with Crippen molar-refractivity contribution in [3.63, 3.8) is 0 Å². The van der Waals surface area contributed by atoms with Crippen LogP contribution in [0.1, 0.15) is 21.5 Å². The zero-order valence-electron chi connectivity index (χ0n) is 21.5. The third-order valence-electron chi connectivity index (χ3n) is 5.73. The maximum Gasteiger partial charge on any atom is 0.339 e. The Morgan fingerprint density at radius 3 is 2.49 bits per heavy atom. The number of rotatable bonds is 9. The van der Waals surface area contributed by atoms with Crippen molar-refractivity contribution in [2.75, 3.05) is 26.1 Å². The number of ether oxygens (including phenoxy) is 3. The van der Waals surface area contributed by atoms with Crippen LogP contribution in [0.15, 0.2) is 59.5 Å². The lowest BCUT2D eigenvalue weighted by Gasteiger charge is -2.15. The van der Waals surface area contributed by atoms with Crippen LogP contribution in [-0.2, 0) is 20.9 Å². The minimum atomic E-state index is -0.681. The molecule has 3 aromatic rings. The van der Waals surface area contributed by atoms with Crippen LogP contribution in [0.3, 0.4) is 0 Å². The van der Waals surface area contributed by atoms with E-state index < -0.39 is 29.6 Å². The molecule has 0 atom stereocenters. The number of methoxy groups -OCH3 is 2. The van der Waals surface area contributed by atoms with Gasteiger partial charge in [-0.2, -0.15) is 0 Å². The van der Waals surface area contributed by atoms with E-state index in [0.717, 1.165) is 4.90 Å². The molecule has 3 aromatic carbocycles. The topological polar surface area (TPSA) is 111 Å². The smallest absolute Gasteiger partial charge is 0.339 e. The van der Waals surface area contributed by atoms with E-state index in [2.05, 4.69) is 10.1 Å². The fourth-order valence-electron chi connectivity index (χ4n) is 3.74. The molecule has 1 heterocycles. The molecule has 1 saturated heterocycles. The minimum absolute atomic E-state index is 0.0516. The number of carbonyl (C=O) groups is 4. The molecule has 13 heteroatoms. The number of hydrogen-bond donors (Lipinski definition) is 1. The summed E-state index contributed by atoms with van der Waals surface area (Å²) in [5, 5.41) is 2.98. The van der Waals surface area contributed by atoms with E-state index in [1.807, 2.05) is 0 Å². The Labute approximate surface area is 254 Å². The van der Waals surface area contributed by atoms with Gasteiger partial charge in [0.15, 0.2) is 11.5 Å². The Hall–Kier alpha value is -3.70. The summed E-state index contributed by atoms with van der Waals surface area (Å²) in [6.07, 6.45) is 1.49. The van der Waals surface area contributed by atoms with E-state index in [1.54, 1.807) is 36.4 Å². The molecule has 3 amide bonds. The Morgan fingerprint density at radius 1 is 1.00 bits per heavy atom. The van der Waals surface area contributed by atoms with E-state index in [-0.39, 0.29) is 27.8 Å². The average Bonchev–Trinajstić information content (AvgIpc) is 3.20. The summed E-state index contributed by atoms with van der Waals surface area (Å²) in [5.74, 6) is -1.27. The molecular weight excluding hydrogens is 615 g/mol. The van der Waals surface area contributed by atoms with Crippen molar-refractivity contribution in [2.24, 2.45) is 0 Å². The van der Waals surface area contributed by atoms with Crippen molar-refractivity contribution in [3.8, 4) is 11.5 Å². The normalized spacial score (nSPS) is 13.9. The van der Waals surface area contributed by atoms with Crippen LogP contribution in [-0.4, -0.2) is 48.7 Å². The van der Waals surface area contributed by atoms with E-state index in [4.69, 9.17) is 44.3 Å². The van der Waals surface area contributed by atoms with Gasteiger partial charge in [-0.3, -0.25) is 19.3 Å². The number of carbonyl (C=O) groups excluding carboxylic acids is 4. The summed E-state index contributed by atoms with van der Waals surface area (Å²) in [6.45, 7) is -0.462. The molecule has 0 unspecified atom stereocenters. The molecule has 0 radical (unpaired) electrons. The van der Waals surface area contributed by atoms with Gasteiger partial charge >= 0.3 is 5.97 Å². The molecule has 4 rings (SSSR count). The lowest BCUT2D eigenvalue weighted by atomic mass is 10.1. The molecule has 1 aliphatic heterocycles. The van der Waals surface area contributed by atoms with Gasteiger partial charge in [-0.05, 0) is 54.2 Å². The summed E-state index contributed by atoms with van der Waals surface area (Å²) >= 11 is 18.9. The molecule has 0 aliphatic carbocycles. The number of amides is 3. The third-order valence-corrected chi connectivity index (χ3v) is 7.56. The lowest BCUT2D eigenvalue weighted by Crippen LogP contribution is -2.36. The molecule has 1 fully saturated rings. The third kappa shape index (κ3) is 7.15. The fraction of sp³-hybridized carbons (Fsp3) is 0.143. The van der Waals surface area contributed by atoms with Gasteiger partial charge in [-0.25, -0.2) is 4.79 Å².